The lowest BCUT2D eigenvalue weighted by atomic mass is 10.0. The number of aryl methyl sites for hydroxylation is 2. The van der Waals surface area contributed by atoms with E-state index in [0.29, 0.717) is 21.5 Å². The van der Waals surface area contributed by atoms with Crippen LogP contribution in [0.15, 0.2) is 107 Å². The van der Waals surface area contributed by atoms with Gasteiger partial charge in [0.25, 0.3) is 35.8 Å². The van der Waals surface area contributed by atoms with Crippen molar-refractivity contribution in [3.05, 3.63) is 218 Å². The van der Waals surface area contributed by atoms with Gasteiger partial charge in [-0.2, -0.15) is 38.0 Å². The highest BCUT2D eigenvalue weighted by Gasteiger charge is 2.68. The van der Waals surface area contributed by atoms with E-state index >= 15 is 17.6 Å². The SMILES string of the molecule is C.C.Cn1nc(NS(C)(=O)=O)c2c(Cl)ccc(-n3c(C(Cc4cc(F)cc(F)c4)NC(=O)Cn4nc(C(F)F)c5c4C(F)(F)[C@@H]4C[C@H]54)nc4c(Cl)cccc4c3=O)c21.Cn1nc(NS(C)(=O)=O)c2c(Cl)ccc(-n3c([C@H](Cc4cc(F)cc(F)c4)NC(=O)Cn4nc(C(F)F)c5c4C(F)(F)[C@@H]4C[C@H]54)nc4c(Cl)cccc4c3=O)c21. The maximum absolute atomic E-state index is 15.4. The molecule has 0 radical (unpaired) electrons. The van der Waals surface area contributed by atoms with E-state index in [2.05, 4.69) is 50.4 Å². The van der Waals surface area contributed by atoms with Gasteiger partial charge in [0, 0.05) is 62.0 Å². The molecule has 0 spiro atoms. The first-order chi connectivity index (χ1) is 52.7. The minimum atomic E-state index is -3.89. The molecular weight excluding hydrogens is 1650 g/mol. The predicted molar refractivity (Wildman–Crippen MR) is 399 cm³/mol. The highest BCUT2D eigenvalue weighted by molar-refractivity contribution is 7.92. The Morgan fingerprint density at radius 1 is 0.526 bits per heavy atom. The van der Waals surface area contributed by atoms with Crippen LogP contribution < -0.4 is 31.2 Å². The van der Waals surface area contributed by atoms with Crippen molar-refractivity contribution in [3.63, 3.8) is 0 Å². The van der Waals surface area contributed by atoms with E-state index in [0.717, 1.165) is 45.9 Å². The largest absolute Gasteiger partial charge is 0.344 e. The number of hydrogen-bond donors (Lipinski definition) is 4. The van der Waals surface area contributed by atoms with E-state index < -0.39 is 175 Å². The summed E-state index contributed by atoms with van der Waals surface area (Å²) in [4.78, 5) is 66.4. The van der Waals surface area contributed by atoms with E-state index in [1.54, 1.807) is 0 Å². The molecule has 2 amide bonds. The smallest absolute Gasteiger partial charge is 0.293 e. The number of carbonyl (C=O) groups is 2. The summed E-state index contributed by atoms with van der Waals surface area (Å²) < 4.78 is 235. The Labute approximate surface area is 657 Å². The van der Waals surface area contributed by atoms with Crippen LogP contribution in [0.5, 0.6) is 0 Å². The molecule has 0 aliphatic heterocycles. The van der Waals surface area contributed by atoms with Crippen molar-refractivity contribution in [2.24, 2.45) is 25.9 Å². The van der Waals surface area contributed by atoms with E-state index in [1.807, 2.05) is 0 Å². The van der Waals surface area contributed by atoms with Crippen molar-refractivity contribution in [2.45, 2.75) is 102 Å². The first kappa shape index (κ1) is 81.7. The van der Waals surface area contributed by atoms with E-state index in [4.69, 9.17) is 46.4 Å². The Bertz CT molecular complexity index is 6000. The Morgan fingerprint density at radius 3 is 1.21 bits per heavy atom. The van der Waals surface area contributed by atoms with Gasteiger partial charge in [0.1, 0.15) is 70.8 Å². The van der Waals surface area contributed by atoms with Crippen LogP contribution in [0, 0.1) is 35.1 Å². The monoisotopic (exact) mass is 1710 g/mol. The third kappa shape index (κ3) is 14.6. The van der Waals surface area contributed by atoms with Crippen LogP contribution in [0.1, 0.15) is 121 Å². The molecule has 114 heavy (non-hydrogen) atoms. The predicted octanol–water partition coefficient (Wildman–Crippen LogP) is 14.6. The molecule has 1 unspecified atom stereocenters. The zero-order valence-corrected chi connectivity index (χ0v) is 62.3. The number of hydrogen-bond acceptors (Lipinski definition) is 14. The summed E-state index contributed by atoms with van der Waals surface area (Å²) in [5.41, 5.74) is -5.37. The lowest BCUT2D eigenvalue weighted by Gasteiger charge is -2.24. The molecular formula is C72H60Cl4F12N16O8S2. The van der Waals surface area contributed by atoms with Gasteiger partial charge >= 0.3 is 0 Å². The summed E-state index contributed by atoms with van der Waals surface area (Å²) in [5.74, 6) is -18.1. The van der Waals surface area contributed by atoms with Gasteiger partial charge in [0.2, 0.25) is 31.9 Å². The summed E-state index contributed by atoms with van der Waals surface area (Å²) in [5, 5.41) is 21.3. The van der Waals surface area contributed by atoms with Crippen LogP contribution in [-0.4, -0.2) is 99.4 Å². The average molecular weight is 1710 g/mol. The average Bonchev–Trinajstić information content (AvgIpc) is 1.52. The first-order valence-corrected chi connectivity index (χ1v) is 38.7. The molecule has 4 aliphatic rings. The molecule has 2 fully saturated rings. The van der Waals surface area contributed by atoms with E-state index in [9.17, 15) is 71.1 Å². The fraction of sp³-hybridized carbons (Fsp3) is 0.306. The van der Waals surface area contributed by atoms with Crippen LogP contribution in [0.2, 0.25) is 20.1 Å². The molecule has 42 heteroatoms. The summed E-state index contributed by atoms with van der Waals surface area (Å²) in [6.07, 6.45) is -5.55. The number of alkyl halides is 8. The quantitative estimate of drug-likeness (QED) is 0.0516. The molecule has 0 bridgehead atoms. The summed E-state index contributed by atoms with van der Waals surface area (Å²) >= 11 is 26.1. The molecule has 0 saturated heterocycles. The van der Waals surface area contributed by atoms with Gasteiger partial charge in [-0.1, -0.05) is 73.4 Å². The number of benzene rings is 6. The second-order valence-electron chi connectivity index (χ2n) is 27.3. The fourth-order valence-electron chi connectivity index (χ4n) is 15.1. The lowest BCUT2D eigenvalue weighted by Crippen LogP contribution is -2.38. The van der Waals surface area contributed by atoms with Crippen LogP contribution >= 0.6 is 46.4 Å². The third-order valence-electron chi connectivity index (χ3n) is 19.6. The van der Waals surface area contributed by atoms with Crippen LogP contribution in [0.4, 0.5) is 64.3 Å². The van der Waals surface area contributed by atoms with Crippen molar-refractivity contribution in [2.75, 3.05) is 22.0 Å². The van der Waals surface area contributed by atoms with Crippen molar-refractivity contribution < 1.29 is 79.1 Å². The van der Waals surface area contributed by atoms with Gasteiger partial charge in [-0.25, -0.2) is 61.9 Å². The minimum Gasteiger partial charge on any atom is -0.344 e. The second kappa shape index (κ2) is 29.5. The fourth-order valence-corrected chi connectivity index (χ4v) is 17.0. The summed E-state index contributed by atoms with van der Waals surface area (Å²) in [6, 6.07) is 16.2. The minimum absolute atomic E-state index is 0. The molecule has 4 N–H and O–H groups in total. The van der Waals surface area contributed by atoms with Gasteiger partial charge in [-0.05, 0) is 109 Å². The first-order valence-electron chi connectivity index (χ1n) is 33.4. The number of carbonyl (C=O) groups excluding carboxylic acids is 2. The molecule has 12 aromatic rings. The lowest BCUT2D eigenvalue weighted by molar-refractivity contribution is -0.123. The molecule has 6 aromatic heterocycles. The highest BCUT2D eigenvalue weighted by Crippen LogP contribution is 2.69. The number of rotatable bonds is 20. The molecule has 600 valence electrons. The van der Waals surface area contributed by atoms with Crippen molar-refractivity contribution in [3.8, 4) is 11.4 Å². The zero-order valence-electron chi connectivity index (χ0n) is 57.6. The van der Waals surface area contributed by atoms with Crippen molar-refractivity contribution in [1.82, 2.24) is 68.9 Å². The van der Waals surface area contributed by atoms with Crippen LogP contribution in [0.3, 0.4) is 0 Å². The van der Waals surface area contributed by atoms with Crippen molar-refractivity contribution in [1.29, 1.82) is 0 Å². The normalized spacial score (nSPS) is 17.4. The standard InChI is InChI=1S/2C35H26Cl2F6N8O4S.2CH4/c2*1-49-29-23(7-6-20(36)26(29)32(47-49)48-56(2,54)55)51-33(45-27-17(34(51)53)4-3-5-21(27)37)22(10-14-8-15(38)11-16(39)9-14)44-24(52)13-50-30-25(28(46-50)31(40)41)18-12-19(18)35(30,42)43;;/h2*3-9,11,18-19,22,31H,10,12-13H2,1-2H3,(H,44,52)(H,47,48);2*1H4/t18-,19+,22?;18-,19+,22-;;/m00../s1. The Morgan fingerprint density at radius 2 is 0.877 bits per heavy atom. The Balaban J connectivity index is 0.000000196. The molecule has 4 aliphatic carbocycles. The van der Waals surface area contributed by atoms with Gasteiger partial charge in [-0.15, -0.1) is 0 Å². The molecule has 16 rings (SSSR count). The van der Waals surface area contributed by atoms with Gasteiger partial charge < -0.3 is 10.6 Å². The second-order valence-corrected chi connectivity index (χ2v) is 32.5. The Hall–Kier alpha value is -10.3. The number of nitrogens with zero attached hydrogens (tertiary/aromatic N) is 12. The maximum atomic E-state index is 15.4. The molecule has 2 saturated carbocycles. The number of aromatic nitrogens is 12. The number of fused-ring (bicyclic) bond motifs is 10. The number of para-hydroxylation sites is 2. The topological polar surface area (TPSA) is 292 Å². The third-order valence-corrected chi connectivity index (χ3v) is 21.9. The molecule has 24 nitrogen and oxygen atoms in total. The van der Waals surface area contributed by atoms with Gasteiger partial charge in [0.05, 0.1) is 99.7 Å². The maximum Gasteiger partial charge on any atom is 0.293 e. The molecule has 6 heterocycles. The number of sulfonamides is 2. The number of halogens is 16. The molecule has 6 aromatic carbocycles. The molecule has 6 atom stereocenters. The number of amides is 2. The van der Waals surface area contributed by atoms with Crippen LogP contribution in [-0.2, 0) is 81.5 Å². The summed E-state index contributed by atoms with van der Waals surface area (Å²) in [6.45, 7) is -1.96. The Kier molecular flexibility index (Phi) is 21.2. The van der Waals surface area contributed by atoms with Gasteiger partial charge in [-0.3, -0.25) is 56.5 Å². The summed E-state index contributed by atoms with van der Waals surface area (Å²) in [7, 11) is -4.91. The number of nitrogens with one attached hydrogen (secondary N) is 4. The highest BCUT2D eigenvalue weighted by atomic mass is 35.5. The van der Waals surface area contributed by atoms with Gasteiger partial charge in [0.15, 0.2) is 11.6 Å². The van der Waals surface area contributed by atoms with E-state index in [1.165, 1.54) is 84.1 Å². The van der Waals surface area contributed by atoms with E-state index in [-0.39, 0.29) is 148 Å². The zero-order chi connectivity index (χ0) is 80.3. The van der Waals surface area contributed by atoms with Crippen molar-refractivity contribution >= 4 is 134 Å². The van der Waals surface area contributed by atoms with Crippen LogP contribution in [0.25, 0.3) is 55.0 Å². The number of anilines is 2.